The molecule has 0 bridgehead atoms. The second kappa shape index (κ2) is 5.97. The van der Waals surface area contributed by atoms with Crippen LogP contribution in [0, 0.1) is 12.3 Å². The van der Waals surface area contributed by atoms with Crippen LogP contribution in [0.4, 0.5) is 0 Å². The summed E-state index contributed by atoms with van der Waals surface area (Å²) in [5.41, 5.74) is 3.03. The topological polar surface area (TPSA) is 44.9 Å². The van der Waals surface area contributed by atoms with E-state index in [0.29, 0.717) is 0 Å². The van der Waals surface area contributed by atoms with Crippen molar-refractivity contribution in [3.05, 3.63) is 11.5 Å². The maximum atomic E-state index is 6.34. The number of alkyl halides is 1. The highest BCUT2D eigenvalue weighted by atomic mass is 35.5. The third kappa shape index (κ3) is 3.24. The number of hydrogen-bond donors (Lipinski definition) is 0. The Morgan fingerprint density at radius 2 is 2.05 bits per heavy atom. The predicted octanol–water partition coefficient (Wildman–Crippen LogP) is 3.44. The van der Waals surface area contributed by atoms with E-state index < -0.39 is 0 Å². The summed E-state index contributed by atoms with van der Waals surface area (Å²) in [6, 6.07) is 0. The Bertz CT molecular complexity index is 627. The van der Waals surface area contributed by atoms with Crippen LogP contribution in [0.3, 0.4) is 0 Å². The first-order valence-corrected chi connectivity index (χ1v) is 7.73. The van der Waals surface area contributed by atoms with Crippen LogP contribution < -0.4 is 0 Å². The molecule has 0 aromatic carbocycles. The summed E-state index contributed by atoms with van der Waals surface area (Å²) in [5.74, 6) is 0.910. The predicted molar refractivity (Wildman–Crippen MR) is 85.8 cm³/mol. The molecule has 0 aliphatic carbocycles. The van der Waals surface area contributed by atoms with Gasteiger partial charge in [-0.25, -0.2) is 4.98 Å². The fourth-order valence-corrected chi connectivity index (χ4v) is 2.86. The fourth-order valence-electron chi connectivity index (χ4n) is 2.70. The van der Waals surface area contributed by atoms with Crippen molar-refractivity contribution in [3.8, 4) is 0 Å². The van der Waals surface area contributed by atoms with Gasteiger partial charge in [0.25, 0.3) is 0 Å². The van der Waals surface area contributed by atoms with Crippen LogP contribution >= 0.6 is 11.6 Å². The van der Waals surface area contributed by atoms with Crippen molar-refractivity contribution in [2.24, 2.45) is 12.5 Å². The lowest BCUT2D eigenvalue weighted by Crippen LogP contribution is -2.23. The third-order valence-corrected chi connectivity index (χ3v) is 4.04. The summed E-state index contributed by atoms with van der Waals surface area (Å²) in [5, 5.41) is 4.34. The quantitative estimate of drug-likeness (QED) is 0.768. The number of halogens is 1. The van der Waals surface area contributed by atoms with Crippen molar-refractivity contribution < 1.29 is 4.74 Å². The van der Waals surface area contributed by atoms with Gasteiger partial charge in [-0.1, -0.05) is 13.8 Å². The lowest BCUT2D eigenvalue weighted by Gasteiger charge is -2.26. The molecule has 1 atom stereocenters. The van der Waals surface area contributed by atoms with E-state index in [4.69, 9.17) is 21.3 Å². The van der Waals surface area contributed by atoms with E-state index in [1.54, 1.807) is 7.11 Å². The minimum Gasteiger partial charge on any atom is -0.385 e. The molecule has 21 heavy (non-hydrogen) atoms. The number of ether oxygens (including phenoxy) is 1. The van der Waals surface area contributed by atoms with Gasteiger partial charge in [0, 0.05) is 27.3 Å². The van der Waals surface area contributed by atoms with Gasteiger partial charge in [-0.15, -0.1) is 11.6 Å². The number of nitrogens with zero attached hydrogens (tertiary/aromatic N) is 4. The average molecular weight is 313 g/mol. The van der Waals surface area contributed by atoms with E-state index in [-0.39, 0.29) is 10.8 Å². The van der Waals surface area contributed by atoms with Crippen LogP contribution in [-0.4, -0.2) is 33.0 Å². The fraction of sp³-hybridized carbons (Fsp3) is 0.733. The summed E-state index contributed by atoms with van der Waals surface area (Å²) in [7, 11) is 3.70. The number of rotatable bonds is 6. The molecule has 118 valence electrons. The molecule has 0 saturated carbocycles. The SMILES string of the molecule is COCCC(C)(C)Cn1c(C(C)Cl)nc2c(C)nn(C)c21. The van der Waals surface area contributed by atoms with E-state index in [0.717, 1.165) is 42.3 Å². The van der Waals surface area contributed by atoms with E-state index >= 15 is 0 Å². The molecule has 0 saturated heterocycles. The van der Waals surface area contributed by atoms with Gasteiger partial charge in [0.2, 0.25) is 0 Å². The molecule has 2 aromatic heterocycles. The highest BCUT2D eigenvalue weighted by Crippen LogP contribution is 2.31. The third-order valence-electron chi connectivity index (χ3n) is 3.84. The highest BCUT2D eigenvalue weighted by molar-refractivity contribution is 6.20. The summed E-state index contributed by atoms with van der Waals surface area (Å²) in [6.45, 7) is 10.0. The summed E-state index contributed by atoms with van der Waals surface area (Å²) >= 11 is 6.34. The molecule has 0 spiro atoms. The van der Waals surface area contributed by atoms with Gasteiger partial charge >= 0.3 is 0 Å². The monoisotopic (exact) mass is 312 g/mol. The van der Waals surface area contributed by atoms with Crippen LogP contribution in [-0.2, 0) is 18.3 Å². The molecular weight excluding hydrogens is 288 g/mol. The van der Waals surface area contributed by atoms with Gasteiger partial charge in [-0.3, -0.25) is 4.68 Å². The Kier molecular flexibility index (Phi) is 4.63. The van der Waals surface area contributed by atoms with Crippen LogP contribution in [0.25, 0.3) is 11.2 Å². The molecule has 6 heteroatoms. The number of methoxy groups -OCH3 is 1. The van der Waals surface area contributed by atoms with Crippen molar-refractivity contribution in [2.75, 3.05) is 13.7 Å². The molecule has 1 unspecified atom stereocenters. The first-order chi connectivity index (χ1) is 9.76. The molecule has 2 aromatic rings. The first kappa shape index (κ1) is 16.3. The van der Waals surface area contributed by atoms with Crippen LogP contribution in [0.1, 0.15) is 44.1 Å². The van der Waals surface area contributed by atoms with E-state index in [1.165, 1.54) is 0 Å². The molecule has 0 aliphatic rings. The molecule has 0 fully saturated rings. The van der Waals surface area contributed by atoms with Crippen LogP contribution in [0.15, 0.2) is 0 Å². The van der Waals surface area contributed by atoms with E-state index in [1.807, 2.05) is 25.6 Å². The van der Waals surface area contributed by atoms with Crippen molar-refractivity contribution in [2.45, 2.75) is 46.0 Å². The second-order valence-electron chi connectivity index (χ2n) is 6.46. The van der Waals surface area contributed by atoms with Gasteiger partial charge in [0.05, 0.1) is 11.1 Å². The Morgan fingerprint density at radius 3 is 2.62 bits per heavy atom. The summed E-state index contributed by atoms with van der Waals surface area (Å²) < 4.78 is 9.33. The minimum atomic E-state index is -0.130. The van der Waals surface area contributed by atoms with Crippen molar-refractivity contribution in [1.29, 1.82) is 0 Å². The largest absolute Gasteiger partial charge is 0.385 e. The minimum absolute atomic E-state index is 0.0995. The van der Waals surface area contributed by atoms with Crippen molar-refractivity contribution in [3.63, 3.8) is 0 Å². The first-order valence-electron chi connectivity index (χ1n) is 7.29. The number of aryl methyl sites for hydroxylation is 2. The maximum Gasteiger partial charge on any atom is 0.158 e. The normalized spacial score (nSPS) is 14.0. The number of hydrogen-bond acceptors (Lipinski definition) is 3. The van der Waals surface area contributed by atoms with Gasteiger partial charge in [0.15, 0.2) is 5.65 Å². The molecule has 0 aliphatic heterocycles. The lowest BCUT2D eigenvalue weighted by molar-refractivity contribution is 0.142. The Morgan fingerprint density at radius 1 is 1.38 bits per heavy atom. The lowest BCUT2D eigenvalue weighted by atomic mass is 9.89. The van der Waals surface area contributed by atoms with Crippen LogP contribution in [0.2, 0.25) is 0 Å². The Balaban J connectivity index is 2.47. The highest BCUT2D eigenvalue weighted by Gasteiger charge is 2.26. The van der Waals surface area contributed by atoms with Crippen molar-refractivity contribution in [1.82, 2.24) is 19.3 Å². The zero-order valence-electron chi connectivity index (χ0n) is 13.8. The zero-order chi connectivity index (χ0) is 15.8. The maximum absolute atomic E-state index is 6.34. The molecule has 0 radical (unpaired) electrons. The molecular formula is C15H25ClN4O. The average Bonchev–Trinajstić information content (AvgIpc) is 2.87. The zero-order valence-corrected chi connectivity index (χ0v) is 14.5. The number of fused-ring (bicyclic) bond motifs is 1. The Labute approximate surface area is 131 Å². The second-order valence-corrected chi connectivity index (χ2v) is 7.12. The number of imidazole rings is 1. The molecule has 0 amide bonds. The molecule has 2 rings (SSSR count). The van der Waals surface area contributed by atoms with Gasteiger partial charge in [-0.05, 0) is 25.7 Å². The number of aromatic nitrogens is 4. The van der Waals surface area contributed by atoms with E-state index in [9.17, 15) is 0 Å². The summed E-state index contributed by atoms with van der Waals surface area (Å²) in [4.78, 5) is 4.71. The van der Waals surface area contributed by atoms with Crippen molar-refractivity contribution >= 4 is 22.8 Å². The van der Waals surface area contributed by atoms with Gasteiger partial charge < -0.3 is 9.30 Å². The molecule has 5 nitrogen and oxygen atoms in total. The van der Waals surface area contributed by atoms with Gasteiger partial charge in [0.1, 0.15) is 11.3 Å². The standard InChI is InChI=1S/C15H25ClN4O/c1-10(16)13-17-12-11(2)18-19(5)14(12)20(13)9-15(3,4)7-8-21-6/h10H,7-9H2,1-6H3. The smallest absolute Gasteiger partial charge is 0.158 e. The van der Waals surface area contributed by atoms with E-state index in [2.05, 4.69) is 23.5 Å². The summed E-state index contributed by atoms with van der Waals surface area (Å²) in [6.07, 6.45) is 0.982. The van der Waals surface area contributed by atoms with Crippen LogP contribution in [0.5, 0.6) is 0 Å². The Hall–Kier alpha value is -1.07. The molecule has 2 heterocycles. The molecule has 0 N–H and O–H groups in total. The van der Waals surface area contributed by atoms with Gasteiger partial charge in [-0.2, -0.15) is 5.10 Å².